The molecule has 0 heterocycles. The van der Waals surface area contributed by atoms with Crippen LogP contribution in [0.15, 0.2) is 35.1 Å². The van der Waals surface area contributed by atoms with Gasteiger partial charge in [0.1, 0.15) is 18.0 Å². The van der Waals surface area contributed by atoms with Gasteiger partial charge in [-0.15, -0.1) is 6.58 Å². The van der Waals surface area contributed by atoms with Crippen LogP contribution >= 0.6 is 0 Å². The van der Waals surface area contributed by atoms with E-state index >= 15 is 0 Å². The van der Waals surface area contributed by atoms with E-state index in [4.69, 9.17) is 4.74 Å². The van der Waals surface area contributed by atoms with Gasteiger partial charge in [0.05, 0.1) is 6.10 Å². The first kappa shape index (κ1) is 20.5. The van der Waals surface area contributed by atoms with Gasteiger partial charge < -0.3 is 20.1 Å². The van der Waals surface area contributed by atoms with Crippen molar-refractivity contribution >= 4 is 18.0 Å². The fraction of sp³-hybridized carbons (Fsp3) is 0.571. The molecule has 5 atom stereocenters. The summed E-state index contributed by atoms with van der Waals surface area (Å²) in [4.78, 5) is 36.6. The number of hydrogen-bond acceptors (Lipinski definition) is 7. The Labute approximate surface area is 163 Å². The quantitative estimate of drug-likeness (QED) is 0.288. The smallest absolute Gasteiger partial charge is 0.293 e. The highest BCUT2D eigenvalue weighted by molar-refractivity contribution is 6.50. The summed E-state index contributed by atoms with van der Waals surface area (Å²) in [6.07, 6.45) is -1.22. The van der Waals surface area contributed by atoms with Crippen LogP contribution in [-0.2, 0) is 19.1 Å². The molecule has 28 heavy (non-hydrogen) atoms. The summed E-state index contributed by atoms with van der Waals surface area (Å²) in [5, 5.41) is 32.5. The van der Waals surface area contributed by atoms with E-state index in [0.29, 0.717) is 19.3 Å². The van der Waals surface area contributed by atoms with Crippen LogP contribution in [0, 0.1) is 16.7 Å². The number of rotatable bonds is 4. The van der Waals surface area contributed by atoms with Gasteiger partial charge in [-0.05, 0) is 19.3 Å². The minimum atomic E-state index is -1.54. The minimum Gasteiger partial charge on any atom is -0.507 e. The Morgan fingerprint density at radius 3 is 2.43 bits per heavy atom. The van der Waals surface area contributed by atoms with Crippen molar-refractivity contribution in [2.75, 3.05) is 0 Å². The Morgan fingerprint density at radius 1 is 1.21 bits per heavy atom. The van der Waals surface area contributed by atoms with E-state index in [9.17, 15) is 29.7 Å². The number of Topliss-reactive ketones (excluding diaryl/α,β-unsaturated/α-hetero) is 2. The molecule has 7 nitrogen and oxygen atoms in total. The van der Waals surface area contributed by atoms with Gasteiger partial charge in [0.25, 0.3) is 6.47 Å². The second-order valence-corrected chi connectivity index (χ2v) is 8.68. The third-order valence-corrected chi connectivity index (χ3v) is 6.86. The maximum absolute atomic E-state index is 13.1. The first-order valence-corrected chi connectivity index (χ1v) is 9.36. The highest BCUT2D eigenvalue weighted by Crippen LogP contribution is 2.61. The largest absolute Gasteiger partial charge is 0.507 e. The van der Waals surface area contributed by atoms with Crippen molar-refractivity contribution in [3.63, 3.8) is 0 Å². The molecule has 0 aromatic heterocycles. The Hall–Kier alpha value is -2.25. The number of fused-ring (bicyclic) bond motifs is 2. The molecule has 0 aromatic carbocycles. The highest BCUT2D eigenvalue weighted by Gasteiger charge is 2.63. The molecule has 152 valence electrons. The molecule has 3 aliphatic rings. The van der Waals surface area contributed by atoms with Crippen molar-refractivity contribution in [3.8, 4) is 0 Å². The molecule has 0 saturated heterocycles. The van der Waals surface area contributed by atoms with Crippen molar-refractivity contribution in [1.29, 1.82) is 0 Å². The van der Waals surface area contributed by atoms with Crippen molar-refractivity contribution in [1.82, 2.24) is 0 Å². The average Bonchev–Trinajstić information content (AvgIpc) is 2.62. The Bertz CT molecular complexity index is 819. The molecular weight excluding hydrogens is 364 g/mol. The van der Waals surface area contributed by atoms with Crippen LogP contribution in [0.5, 0.6) is 0 Å². The number of aliphatic hydroxyl groups is 3. The number of carbonyl (C=O) groups excluding carboxylic acids is 3. The summed E-state index contributed by atoms with van der Waals surface area (Å²) in [7, 11) is 0. The maximum Gasteiger partial charge on any atom is 0.293 e. The molecular formula is C21H26O7. The summed E-state index contributed by atoms with van der Waals surface area (Å²) in [5.74, 6) is -2.70. The lowest BCUT2D eigenvalue weighted by Gasteiger charge is -2.59. The molecule has 0 aromatic rings. The van der Waals surface area contributed by atoms with Gasteiger partial charge in [0.15, 0.2) is 0 Å². The lowest BCUT2D eigenvalue weighted by Crippen LogP contribution is -2.62. The fourth-order valence-corrected chi connectivity index (χ4v) is 5.69. The van der Waals surface area contributed by atoms with E-state index in [2.05, 4.69) is 6.58 Å². The van der Waals surface area contributed by atoms with E-state index in [1.807, 2.05) is 0 Å². The minimum absolute atomic E-state index is 0.0170. The SMILES string of the molecule is C=CCC1=C(O)C2=C(C(=O)C1=O)C1(C)CCC(OC=O)C(C)(C)C1C(O)C2O. The van der Waals surface area contributed by atoms with Crippen molar-refractivity contribution < 1.29 is 34.4 Å². The third kappa shape index (κ3) is 2.53. The second kappa shape index (κ2) is 6.67. The topological polar surface area (TPSA) is 121 Å². The van der Waals surface area contributed by atoms with Crippen molar-refractivity contribution in [3.05, 3.63) is 35.1 Å². The van der Waals surface area contributed by atoms with Gasteiger partial charge >= 0.3 is 0 Å². The predicted molar refractivity (Wildman–Crippen MR) is 99.1 cm³/mol. The molecule has 1 saturated carbocycles. The van der Waals surface area contributed by atoms with Gasteiger partial charge in [-0.2, -0.15) is 0 Å². The molecule has 3 rings (SSSR count). The number of aliphatic hydroxyl groups excluding tert-OH is 3. The zero-order valence-corrected chi connectivity index (χ0v) is 16.3. The molecule has 0 spiro atoms. The molecule has 3 N–H and O–H groups in total. The average molecular weight is 390 g/mol. The van der Waals surface area contributed by atoms with Crippen LogP contribution in [0.1, 0.15) is 40.0 Å². The van der Waals surface area contributed by atoms with Gasteiger partial charge in [-0.3, -0.25) is 14.4 Å². The first-order valence-electron chi connectivity index (χ1n) is 9.36. The number of hydrogen-bond donors (Lipinski definition) is 3. The van der Waals surface area contributed by atoms with Crippen LogP contribution in [0.3, 0.4) is 0 Å². The van der Waals surface area contributed by atoms with Gasteiger partial charge in [-0.25, -0.2) is 0 Å². The number of ether oxygens (including phenoxy) is 1. The number of allylic oxidation sites excluding steroid dienone is 3. The molecule has 5 unspecified atom stereocenters. The molecule has 0 bridgehead atoms. The summed E-state index contributed by atoms with van der Waals surface area (Å²) < 4.78 is 5.22. The van der Waals surface area contributed by atoms with Gasteiger partial charge in [0.2, 0.25) is 11.6 Å². The van der Waals surface area contributed by atoms with E-state index in [1.54, 1.807) is 20.8 Å². The van der Waals surface area contributed by atoms with Gasteiger partial charge in [-0.1, -0.05) is 26.8 Å². The molecule has 0 radical (unpaired) electrons. The number of carbonyl (C=O) groups is 3. The van der Waals surface area contributed by atoms with E-state index < -0.39 is 52.4 Å². The van der Waals surface area contributed by atoms with E-state index in [0.717, 1.165) is 0 Å². The normalized spacial score (nSPS) is 37.3. The Kier molecular flexibility index (Phi) is 4.88. The third-order valence-electron chi connectivity index (χ3n) is 6.86. The van der Waals surface area contributed by atoms with Crippen LogP contribution in [-0.4, -0.2) is 51.7 Å². The number of ketones is 2. The zero-order chi connectivity index (χ0) is 21.0. The molecule has 0 aliphatic heterocycles. The first-order chi connectivity index (χ1) is 13.0. The van der Waals surface area contributed by atoms with Crippen molar-refractivity contribution in [2.24, 2.45) is 16.7 Å². The van der Waals surface area contributed by atoms with Crippen molar-refractivity contribution in [2.45, 2.75) is 58.3 Å². The summed E-state index contributed by atoms with van der Waals surface area (Å²) >= 11 is 0. The predicted octanol–water partition coefficient (Wildman–Crippen LogP) is 1.54. The van der Waals surface area contributed by atoms with E-state index in [1.165, 1.54) is 6.08 Å². The van der Waals surface area contributed by atoms with Crippen LogP contribution in [0.2, 0.25) is 0 Å². The van der Waals surface area contributed by atoms with Crippen LogP contribution in [0.4, 0.5) is 0 Å². The summed E-state index contributed by atoms with van der Waals surface area (Å²) in [6.45, 7) is 9.26. The second-order valence-electron chi connectivity index (χ2n) is 8.68. The zero-order valence-electron chi connectivity index (χ0n) is 16.3. The Balaban J connectivity index is 2.25. The standard InChI is InChI=1S/C21H26O7/c1-5-6-10-14(23)12-13(17(26)15(10)24)21(4)8-7-11(28-9-22)20(2,3)19(21)18(27)16(12)25/h5,9,11,16,18-19,23,25,27H,1,6-8H2,2-4H3. The van der Waals surface area contributed by atoms with E-state index in [-0.39, 0.29) is 23.1 Å². The lowest BCUT2D eigenvalue weighted by molar-refractivity contribution is -0.178. The summed E-state index contributed by atoms with van der Waals surface area (Å²) in [5.41, 5.74) is -1.89. The van der Waals surface area contributed by atoms with Gasteiger partial charge in [0, 0.05) is 33.5 Å². The monoisotopic (exact) mass is 390 g/mol. The molecule has 1 fully saturated rings. The molecule has 0 amide bonds. The molecule has 3 aliphatic carbocycles. The van der Waals surface area contributed by atoms with Crippen LogP contribution in [0.25, 0.3) is 0 Å². The molecule has 7 heteroatoms. The maximum atomic E-state index is 13.1. The van der Waals surface area contributed by atoms with Crippen LogP contribution < -0.4 is 0 Å². The fourth-order valence-electron chi connectivity index (χ4n) is 5.69. The highest BCUT2D eigenvalue weighted by atomic mass is 16.5. The Morgan fingerprint density at radius 2 is 1.86 bits per heavy atom. The summed E-state index contributed by atoms with van der Waals surface area (Å²) in [6, 6.07) is 0. The lowest BCUT2D eigenvalue weighted by atomic mass is 9.46.